The van der Waals surface area contributed by atoms with Gasteiger partial charge in [-0.2, -0.15) is 5.26 Å². The molecule has 0 saturated heterocycles. The standard InChI is InChI=1S/C18H26N2O/c1-14(16-7-5-3-4-6-8-16)20-13-17-11-15(12-19)9-10-18(17)21-2/h9-11,14,16,20H,3-8,13H2,1-2H3/t14-/m1/s1. The summed E-state index contributed by atoms with van der Waals surface area (Å²) in [6.45, 7) is 3.05. The molecule has 3 heteroatoms. The number of nitrogens with zero attached hydrogens (tertiary/aromatic N) is 1. The van der Waals surface area contributed by atoms with Crippen molar-refractivity contribution in [2.45, 2.75) is 58.0 Å². The van der Waals surface area contributed by atoms with E-state index in [-0.39, 0.29) is 0 Å². The van der Waals surface area contributed by atoms with Gasteiger partial charge in [-0.25, -0.2) is 0 Å². The molecule has 2 rings (SSSR count). The van der Waals surface area contributed by atoms with E-state index in [2.05, 4.69) is 18.3 Å². The molecular weight excluding hydrogens is 260 g/mol. The van der Waals surface area contributed by atoms with Crippen molar-refractivity contribution in [1.29, 1.82) is 5.26 Å². The zero-order valence-electron chi connectivity index (χ0n) is 13.2. The van der Waals surface area contributed by atoms with Gasteiger partial charge >= 0.3 is 0 Å². The monoisotopic (exact) mass is 286 g/mol. The molecule has 1 fully saturated rings. The largest absolute Gasteiger partial charge is 0.496 e. The second-order valence-electron chi connectivity index (χ2n) is 6.06. The number of benzene rings is 1. The molecule has 1 aromatic rings. The SMILES string of the molecule is COc1ccc(C#N)cc1CN[C@H](C)C1CCCCCC1. The van der Waals surface area contributed by atoms with Gasteiger partial charge in [-0.05, 0) is 43.9 Å². The highest BCUT2D eigenvalue weighted by Crippen LogP contribution is 2.26. The van der Waals surface area contributed by atoms with Crippen LogP contribution in [0.25, 0.3) is 0 Å². The average Bonchev–Trinajstić information content (AvgIpc) is 2.81. The summed E-state index contributed by atoms with van der Waals surface area (Å²) in [5.41, 5.74) is 1.76. The van der Waals surface area contributed by atoms with Crippen molar-refractivity contribution in [1.82, 2.24) is 5.32 Å². The van der Waals surface area contributed by atoms with Crippen molar-refractivity contribution in [2.24, 2.45) is 5.92 Å². The summed E-state index contributed by atoms with van der Waals surface area (Å²) in [6.07, 6.45) is 8.18. The number of rotatable bonds is 5. The Morgan fingerprint density at radius 3 is 2.62 bits per heavy atom. The van der Waals surface area contributed by atoms with Crippen LogP contribution in [-0.2, 0) is 6.54 Å². The number of nitriles is 1. The summed E-state index contributed by atoms with van der Waals surface area (Å²) < 4.78 is 5.39. The lowest BCUT2D eigenvalue weighted by Crippen LogP contribution is -2.33. The molecule has 21 heavy (non-hydrogen) atoms. The minimum atomic E-state index is 0.513. The first kappa shape index (κ1) is 15.9. The van der Waals surface area contributed by atoms with E-state index in [1.165, 1.54) is 38.5 Å². The van der Waals surface area contributed by atoms with E-state index in [1.54, 1.807) is 13.2 Å². The van der Waals surface area contributed by atoms with E-state index >= 15 is 0 Å². The molecule has 1 N–H and O–H groups in total. The smallest absolute Gasteiger partial charge is 0.123 e. The molecule has 114 valence electrons. The predicted molar refractivity (Wildman–Crippen MR) is 85.2 cm³/mol. The van der Waals surface area contributed by atoms with Gasteiger partial charge in [-0.15, -0.1) is 0 Å². The van der Waals surface area contributed by atoms with E-state index in [9.17, 15) is 0 Å². The lowest BCUT2D eigenvalue weighted by molar-refractivity contribution is 0.333. The van der Waals surface area contributed by atoms with Gasteiger partial charge in [0.15, 0.2) is 0 Å². The van der Waals surface area contributed by atoms with Crippen molar-refractivity contribution in [3.63, 3.8) is 0 Å². The van der Waals surface area contributed by atoms with E-state index in [0.29, 0.717) is 11.6 Å². The lowest BCUT2D eigenvalue weighted by Gasteiger charge is -2.24. The maximum atomic E-state index is 9.03. The van der Waals surface area contributed by atoms with Gasteiger partial charge in [0, 0.05) is 18.2 Å². The molecule has 0 unspecified atom stereocenters. The van der Waals surface area contributed by atoms with Crippen LogP contribution in [0, 0.1) is 17.2 Å². The van der Waals surface area contributed by atoms with Crippen LogP contribution in [0.3, 0.4) is 0 Å². The third-order valence-electron chi connectivity index (χ3n) is 4.63. The second kappa shape index (κ2) is 8.05. The number of hydrogen-bond donors (Lipinski definition) is 1. The lowest BCUT2D eigenvalue weighted by atomic mass is 9.93. The Labute approximate surface area is 128 Å². The molecule has 0 aliphatic heterocycles. The third-order valence-corrected chi connectivity index (χ3v) is 4.63. The van der Waals surface area contributed by atoms with Gasteiger partial charge in [0.25, 0.3) is 0 Å². The Bertz CT molecular complexity index is 484. The summed E-state index contributed by atoms with van der Waals surface area (Å²) in [5.74, 6) is 1.63. The zero-order valence-corrected chi connectivity index (χ0v) is 13.2. The van der Waals surface area contributed by atoms with E-state index in [1.807, 2.05) is 12.1 Å². The molecule has 1 aromatic carbocycles. The molecule has 0 spiro atoms. The van der Waals surface area contributed by atoms with Crippen LogP contribution in [0.15, 0.2) is 18.2 Å². The molecule has 1 saturated carbocycles. The summed E-state index contributed by atoms with van der Waals surface area (Å²) in [4.78, 5) is 0. The summed E-state index contributed by atoms with van der Waals surface area (Å²) in [7, 11) is 1.68. The minimum Gasteiger partial charge on any atom is -0.496 e. The molecule has 0 amide bonds. The normalized spacial score (nSPS) is 17.8. The summed E-state index contributed by atoms with van der Waals surface area (Å²) in [6, 6.07) is 8.31. The Morgan fingerprint density at radius 2 is 2.00 bits per heavy atom. The number of nitrogens with one attached hydrogen (secondary N) is 1. The quantitative estimate of drug-likeness (QED) is 0.832. The molecule has 0 heterocycles. The molecule has 1 atom stereocenters. The molecule has 3 nitrogen and oxygen atoms in total. The highest BCUT2D eigenvalue weighted by Gasteiger charge is 2.19. The maximum absolute atomic E-state index is 9.03. The predicted octanol–water partition coefficient (Wildman–Crippen LogP) is 4.02. The highest BCUT2D eigenvalue weighted by molar-refractivity contribution is 5.42. The van der Waals surface area contributed by atoms with Gasteiger partial charge in [0.2, 0.25) is 0 Å². The van der Waals surface area contributed by atoms with Crippen LogP contribution >= 0.6 is 0 Å². The molecule has 1 aliphatic rings. The van der Waals surface area contributed by atoms with Crippen LogP contribution in [-0.4, -0.2) is 13.2 Å². The summed E-state index contributed by atoms with van der Waals surface area (Å²) >= 11 is 0. The fourth-order valence-electron chi connectivity index (χ4n) is 3.23. The topological polar surface area (TPSA) is 45.0 Å². The van der Waals surface area contributed by atoms with Gasteiger partial charge in [0.1, 0.15) is 5.75 Å². The molecule has 0 aromatic heterocycles. The van der Waals surface area contributed by atoms with Gasteiger partial charge in [-0.3, -0.25) is 0 Å². The van der Waals surface area contributed by atoms with Crippen molar-refractivity contribution in [3.8, 4) is 11.8 Å². The molecule has 0 radical (unpaired) electrons. The third kappa shape index (κ3) is 4.47. The Hall–Kier alpha value is -1.53. The van der Waals surface area contributed by atoms with Crippen molar-refractivity contribution >= 4 is 0 Å². The first-order valence-corrected chi connectivity index (χ1v) is 8.05. The minimum absolute atomic E-state index is 0.513. The summed E-state index contributed by atoms with van der Waals surface area (Å²) in [5, 5.41) is 12.7. The Balaban J connectivity index is 1.96. The van der Waals surface area contributed by atoms with Gasteiger partial charge < -0.3 is 10.1 Å². The van der Waals surface area contributed by atoms with Crippen molar-refractivity contribution in [2.75, 3.05) is 7.11 Å². The highest BCUT2D eigenvalue weighted by atomic mass is 16.5. The van der Waals surface area contributed by atoms with Gasteiger partial charge in [0.05, 0.1) is 18.7 Å². The van der Waals surface area contributed by atoms with E-state index in [0.717, 1.165) is 23.8 Å². The van der Waals surface area contributed by atoms with Crippen LogP contribution in [0.5, 0.6) is 5.75 Å². The van der Waals surface area contributed by atoms with Crippen molar-refractivity contribution in [3.05, 3.63) is 29.3 Å². The van der Waals surface area contributed by atoms with Crippen molar-refractivity contribution < 1.29 is 4.74 Å². The van der Waals surface area contributed by atoms with Crippen LogP contribution in [0.4, 0.5) is 0 Å². The Morgan fingerprint density at radius 1 is 1.29 bits per heavy atom. The Kier molecular flexibility index (Phi) is 6.07. The van der Waals surface area contributed by atoms with Crippen LogP contribution in [0.2, 0.25) is 0 Å². The van der Waals surface area contributed by atoms with E-state index in [4.69, 9.17) is 10.00 Å². The van der Waals surface area contributed by atoms with E-state index < -0.39 is 0 Å². The maximum Gasteiger partial charge on any atom is 0.123 e. The second-order valence-corrected chi connectivity index (χ2v) is 6.06. The molecule has 1 aliphatic carbocycles. The number of hydrogen-bond acceptors (Lipinski definition) is 3. The van der Waals surface area contributed by atoms with Crippen LogP contribution < -0.4 is 10.1 Å². The molecule has 0 bridgehead atoms. The fraction of sp³-hybridized carbons (Fsp3) is 0.611. The number of ether oxygens (including phenoxy) is 1. The first-order valence-electron chi connectivity index (χ1n) is 8.05. The average molecular weight is 286 g/mol. The van der Waals surface area contributed by atoms with Crippen LogP contribution in [0.1, 0.15) is 56.6 Å². The molecular formula is C18H26N2O. The van der Waals surface area contributed by atoms with Gasteiger partial charge in [-0.1, -0.05) is 25.7 Å². The number of methoxy groups -OCH3 is 1. The first-order chi connectivity index (χ1) is 10.2. The fourth-order valence-corrected chi connectivity index (χ4v) is 3.23. The zero-order chi connectivity index (χ0) is 15.1.